The number of nitrogens with zero attached hydrogens (tertiary/aromatic N) is 1. The van der Waals surface area contributed by atoms with E-state index in [0.29, 0.717) is 30.7 Å². The number of thioether (sulfide) groups is 1. The van der Waals surface area contributed by atoms with Gasteiger partial charge in [0.15, 0.2) is 0 Å². The van der Waals surface area contributed by atoms with E-state index in [4.69, 9.17) is 9.47 Å². The minimum atomic E-state index is -2.98. The highest BCUT2D eigenvalue weighted by Crippen LogP contribution is 2.32. The number of methoxy groups -OCH3 is 1. The first-order valence-corrected chi connectivity index (χ1v) is 11.6. The summed E-state index contributed by atoms with van der Waals surface area (Å²) in [4.78, 5) is 26.7. The number of alkyl halides is 2. The van der Waals surface area contributed by atoms with Crippen molar-refractivity contribution in [3.8, 4) is 0 Å². The number of cyclic esters (lactones) is 1. The molecule has 1 aromatic rings. The van der Waals surface area contributed by atoms with Gasteiger partial charge in [-0.25, -0.2) is 18.4 Å². The Balaban J connectivity index is 1.92. The smallest absolute Gasteiger partial charge is 0.410 e. The van der Waals surface area contributed by atoms with Crippen molar-refractivity contribution < 1.29 is 27.8 Å². The first kappa shape index (κ1) is 26.7. The molecule has 1 aromatic carbocycles. The lowest BCUT2D eigenvalue weighted by molar-refractivity contribution is -0.135. The van der Waals surface area contributed by atoms with Crippen molar-refractivity contribution in [3.05, 3.63) is 64.4 Å². The summed E-state index contributed by atoms with van der Waals surface area (Å²) in [6, 6.07) is 6.01. The van der Waals surface area contributed by atoms with Crippen LogP contribution >= 0.6 is 11.8 Å². The van der Waals surface area contributed by atoms with Crippen molar-refractivity contribution in [3.63, 3.8) is 0 Å². The molecule has 9 heteroatoms. The summed E-state index contributed by atoms with van der Waals surface area (Å²) in [6.45, 7) is 6.37. The zero-order valence-electron chi connectivity index (χ0n) is 19.3. The predicted molar refractivity (Wildman–Crippen MR) is 130 cm³/mol. The molecule has 1 aliphatic rings. The molecule has 1 heterocycles. The van der Waals surface area contributed by atoms with Gasteiger partial charge in [-0.3, -0.25) is 0 Å². The predicted octanol–water partition coefficient (Wildman–Crippen LogP) is 4.30. The summed E-state index contributed by atoms with van der Waals surface area (Å²) in [5.74, 6) is -3.40. The summed E-state index contributed by atoms with van der Waals surface area (Å²) in [6.07, 6.45) is 5.60. The van der Waals surface area contributed by atoms with Crippen molar-refractivity contribution in [2.75, 3.05) is 20.3 Å². The minimum Gasteiger partial charge on any atom is -0.465 e. The van der Waals surface area contributed by atoms with Crippen LogP contribution in [-0.4, -0.2) is 51.1 Å². The maximum Gasteiger partial charge on any atom is 0.410 e. The number of benzene rings is 1. The summed E-state index contributed by atoms with van der Waals surface area (Å²) in [5.41, 5.74) is 0.765. The van der Waals surface area contributed by atoms with Crippen LogP contribution in [0, 0.1) is 0 Å². The number of carbonyl (C=O) groups excluding carboxylic acids is 2. The van der Waals surface area contributed by atoms with Gasteiger partial charge in [-0.05, 0) is 24.7 Å². The normalized spacial score (nSPS) is 17.2. The van der Waals surface area contributed by atoms with E-state index >= 15 is 0 Å². The molecule has 2 rings (SSSR count). The molecule has 1 amide bonds. The molecular weight excluding hydrogens is 447 g/mol. The second kappa shape index (κ2) is 12.6. The molecule has 1 saturated heterocycles. The molecule has 178 valence electrons. The Hall–Kier alpha value is -2.55. The van der Waals surface area contributed by atoms with E-state index in [2.05, 4.69) is 6.58 Å². The van der Waals surface area contributed by atoms with E-state index in [1.165, 1.54) is 37.1 Å². The standard InChI is InChI=1S/C24H30BF2NO4S/c1-4-21(22(29)31-3)33-17(2)8-7-14-28-20(12-15-32-23(28)30)11-6-13-24(26,27)18-9-5-10-19(25)16-18/h4-6,9-11,16,20H,2,7-8,12-15,25H2,1,3H3/b11-6+,21-4-/t20-/m0/s1. The van der Waals surface area contributed by atoms with Crippen molar-refractivity contribution in [2.45, 2.75) is 44.6 Å². The van der Waals surface area contributed by atoms with Gasteiger partial charge in [0.05, 0.1) is 24.7 Å². The number of amides is 1. The highest BCUT2D eigenvalue weighted by Gasteiger charge is 2.31. The van der Waals surface area contributed by atoms with Crippen LogP contribution < -0.4 is 5.46 Å². The molecule has 1 fully saturated rings. The number of hydrogen-bond donors (Lipinski definition) is 0. The zero-order chi connectivity index (χ0) is 24.4. The van der Waals surface area contributed by atoms with Crippen molar-refractivity contribution in [1.29, 1.82) is 0 Å². The minimum absolute atomic E-state index is 0.0180. The SMILES string of the molecule is Bc1cccc(C(F)(F)C/C=C/[C@H]2CCOC(=O)N2CCCC(=C)S/C(=C\C)C(=O)OC)c1. The monoisotopic (exact) mass is 477 g/mol. The molecule has 0 radical (unpaired) electrons. The van der Waals surface area contributed by atoms with Crippen LogP contribution in [0.5, 0.6) is 0 Å². The molecule has 0 bridgehead atoms. The van der Waals surface area contributed by atoms with Crippen LogP contribution in [0.15, 0.2) is 58.9 Å². The Kier molecular flexibility index (Phi) is 10.2. The first-order valence-electron chi connectivity index (χ1n) is 10.8. The lowest BCUT2D eigenvalue weighted by Crippen LogP contribution is -2.45. The molecule has 0 spiro atoms. The molecule has 0 aromatic heterocycles. The van der Waals surface area contributed by atoms with Crippen molar-refractivity contribution >= 4 is 37.1 Å². The van der Waals surface area contributed by atoms with E-state index in [1.807, 2.05) is 0 Å². The molecule has 0 unspecified atom stereocenters. The van der Waals surface area contributed by atoms with Gasteiger partial charge < -0.3 is 14.4 Å². The van der Waals surface area contributed by atoms with Gasteiger partial charge in [-0.15, -0.1) is 0 Å². The zero-order valence-corrected chi connectivity index (χ0v) is 20.1. The van der Waals surface area contributed by atoms with E-state index in [1.54, 1.807) is 44.0 Å². The summed E-state index contributed by atoms with van der Waals surface area (Å²) in [7, 11) is 3.10. The maximum atomic E-state index is 14.6. The Morgan fingerprint density at radius 3 is 2.88 bits per heavy atom. The van der Waals surface area contributed by atoms with E-state index in [9.17, 15) is 18.4 Å². The number of carbonyl (C=O) groups is 2. The molecule has 33 heavy (non-hydrogen) atoms. The van der Waals surface area contributed by atoms with Crippen LogP contribution in [0.3, 0.4) is 0 Å². The van der Waals surface area contributed by atoms with Gasteiger partial charge in [0, 0.05) is 24.9 Å². The van der Waals surface area contributed by atoms with Crippen LogP contribution in [0.1, 0.15) is 38.2 Å². The van der Waals surface area contributed by atoms with Crippen molar-refractivity contribution in [2.24, 2.45) is 0 Å². The second-order valence-corrected chi connectivity index (χ2v) is 8.98. The number of allylic oxidation sites excluding steroid dienone is 3. The fraction of sp³-hybridized carbons (Fsp3) is 0.417. The van der Waals surface area contributed by atoms with Crippen LogP contribution in [0.4, 0.5) is 13.6 Å². The largest absolute Gasteiger partial charge is 0.465 e. The van der Waals surface area contributed by atoms with Crippen LogP contribution in [-0.2, 0) is 20.2 Å². The summed E-state index contributed by atoms with van der Waals surface area (Å²) in [5, 5.41) is 0. The molecule has 0 N–H and O–H groups in total. The van der Waals surface area contributed by atoms with E-state index in [-0.39, 0.29) is 18.2 Å². The molecule has 0 aliphatic carbocycles. The first-order chi connectivity index (χ1) is 15.7. The van der Waals surface area contributed by atoms with E-state index < -0.39 is 24.4 Å². The second-order valence-electron chi connectivity index (χ2n) is 7.76. The Labute approximate surface area is 199 Å². The maximum absolute atomic E-state index is 14.6. The number of hydrogen-bond acceptors (Lipinski definition) is 5. The fourth-order valence-electron chi connectivity index (χ4n) is 3.43. The fourth-order valence-corrected chi connectivity index (χ4v) is 4.28. The third-order valence-electron chi connectivity index (χ3n) is 5.20. The Morgan fingerprint density at radius 1 is 1.45 bits per heavy atom. The van der Waals surface area contributed by atoms with Gasteiger partial charge >= 0.3 is 12.1 Å². The Morgan fingerprint density at radius 2 is 2.21 bits per heavy atom. The average Bonchev–Trinajstić information content (AvgIpc) is 2.78. The van der Waals surface area contributed by atoms with Gasteiger partial charge in [-0.2, -0.15) is 0 Å². The highest BCUT2D eigenvalue weighted by molar-refractivity contribution is 8.07. The molecule has 1 aliphatic heterocycles. The summed E-state index contributed by atoms with van der Waals surface area (Å²) < 4.78 is 39.0. The number of ether oxygens (including phenoxy) is 2. The van der Waals surface area contributed by atoms with Crippen LogP contribution in [0.2, 0.25) is 0 Å². The van der Waals surface area contributed by atoms with Gasteiger partial charge in [0.25, 0.3) is 5.92 Å². The average molecular weight is 477 g/mol. The Bertz CT molecular complexity index is 919. The number of halogens is 2. The lowest BCUT2D eigenvalue weighted by Gasteiger charge is -2.33. The summed E-state index contributed by atoms with van der Waals surface area (Å²) >= 11 is 1.24. The number of rotatable bonds is 11. The van der Waals surface area contributed by atoms with E-state index in [0.717, 1.165) is 10.4 Å². The molecule has 5 nitrogen and oxygen atoms in total. The van der Waals surface area contributed by atoms with Crippen molar-refractivity contribution in [1.82, 2.24) is 4.90 Å². The third-order valence-corrected chi connectivity index (χ3v) is 6.32. The van der Waals surface area contributed by atoms with Gasteiger partial charge in [0.1, 0.15) is 7.85 Å². The quantitative estimate of drug-likeness (QED) is 0.206. The molecule has 0 saturated carbocycles. The highest BCUT2D eigenvalue weighted by atomic mass is 32.2. The van der Waals surface area contributed by atoms with Crippen LogP contribution in [0.25, 0.3) is 0 Å². The van der Waals surface area contributed by atoms with Gasteiger partial charge in [-0.1, -0.05) is 66.3 Å². The van der Waals surface area contributed by atoms with Gasteiger partial charge in [0.2, 0.25) is 0 Å². The molecular formula is C24H30BF2NO4S. The lowest BCUT2D eigenvalue weighted by atomic mass is 9.92. The molecule has 1 atom stereocenters. The topological polar surface area (TPSA) is 55.8 Å². The third kappa shape index (κ3) is 8.07. The number of esters is 1.